The van der Waals surface area contributed by atoms with E-state index in [0.29, 0.717) is 48.0 Å². The first-order valence-electron chi connectivity index (χ1n) is 11.5. The van der Waals surface area contributed by atoms with Crippen molar-refractivity contribution >= 4 is 23.1 Å². The highest BCUT2D eigenvalue weighted by atomic mass is 16.5. The molecule has 1 N–H and O–H groups in total. The van der Waals surface area contributed by atoms with Gasteiger partial charge in [-0.2, -0.15) is 0 Å². The Hall–Kier alpha value is -3.91. The normalized spacial score (nSPS) is 17.5. The summed E-state index contributed by atoms with van der Waals surface area (Å²) in [5, 5.41) is 11.4. The van der Waals surface area contributed by atoms with Gasteiger partial charge in [0, 0.05) is 19.3 Å². The number of carbonyl (C=O) groups is 2. The van der Waals surface area contributed by atoms with E-state index in [1.54, 1.807) is 18.2 Å². The van der Waals surface area contributed by atoms with Crippen LogP contribution in [0, 0.1) is 13.8 Å². The molecule has 8 nitrogen and oxygen atoms in total. The number of aromatic nitrogens is 2. The van der Waals surface area contributed by atoms with Gasteiger partial charge in [0.25, 0.3) is 11.7 Å². The number of likely N-dealkylation sites (tertiary alicyclic amines) is 1. The van der Waals surface area contributed by atoms with Crippen LogP contribution in [0.5, 0.6) is 5.75 Å². The number of fused-ring (bicyclic) bond motifs is 1. The molecule has 2 aromatic heterocycles. The van der Waals surface area contributed by atoms with Gasteiger partial charge in [0.1, 0.15) is 23.7 Å². The second-order valence-corrected chi connectivity index (χ2v) is 8.90. The van der Waals surface area contributed by atoms with Gasteiger partial charge in [-0.15, -0.1) is 0 Å². The fraction of sp³-hybridized carbons (Fsp3) is 0.296. The van der Waals surface area contributed by atoms with Crippen LogP contribution in [-0.2, 0) is 9.59 Å². The van der Waals surface area contributed by atoms with Crippen molar-refractivity contribution in [1.29, 1.82) is 0 Å². The van der Waals surface area contributed by atoms with E-state index in [2.05, 4.69) is 11.6 Å². The number of ketones is 1. The number of benzene rings is 1. The van der Waals surface area contributed by atoms with Gasteiger partial charge >= 0.3 is 0 Å². The van der Waals surface area contributed by atoms with E-state index in [1.165, 1.54) is 4.90 Å². The average molecular weight is 475 g/mol. The first-order valence-corrected chi connectivity index (χ1v) is 11.5. The minimum atomic E-state index is -0.742. The van der Waals surface area contributed by atoms with Gasteiger partial charge in [0.2, 0.25) is 0 Å². The lowest BCUT2D eigenvalue weighted by Gasteiger charge is -2.26. The first-order chi connectivity index (χ1) is 16.7. The van der Waals surface area contributed by atoms with Crippen LogP contribution in [0.25, 0.3) is 11.4 Å². The third kappa shape index (κ3) is 4.44. The zero-order chi connectivity index (χ0) is 25.3. The summed E-state index contributed by atoms with van der Waals surface area (Å²) in [6, 6.07) is 10.3. The molecular formula is C27H30N4O4. The minimum Gasteiger partial charge on any atom is -0.505 e. The van der Waals surface area contributed by atoms with Crippen molar-refractivity contribution in [3.63, 3.8) is 0 Å². The number of hydrogen-bond donors (Lipinski definition) is 1. The summed E-state index contributed by atoms with van der Waals surface area (Å²) in [4.78, 5) is 34.5. The van der Waals surface area contributed by atoms with Crippen molar-refractivity contribution < 1.29 is 19.4 Å². The Morgan fingerprint density at radius 2 is 1.91 bits per heavy atom. The molecule has 1 amide bonds. The summed E-state index contributed by atoms with van der Waals surface area (Å²) in [5.41, 5.74) is 3.35. The number of nitrogens with zero attached hydrogens (tertiary/aromatic N) is 4. The van der Waals surface area contributed by atoms with Crippen molar-refractivity contribution in [2.75, 3.05) is 33.8 Å². The van der Waals surface area contributed by atoms with Crippen molar-refractivity contribution in [2.24, 2.45) is 0 Å². The van der Waals surface area contributed by atoms with Gasteiger partial charge in [-0.3, -0.25) is 9.59 Å². The van der Waals surface area contributed by atoms with E-state index in [0.717, 1.165) is 5.56 Å². The maximum absolute atomic E-state index is 13.3. The molecule has 1 saturated heterocycles. The highest BCUT2D eigenvalue weighted by molar-refractivity contribution is 6.46. The molecular weight excluding hydrogens is 444 g/mol. The zero-order valence-electron chi connectivity index (χ0n) is 20.5. The number of aliphatic hydroxyl groups excluding tert-OH is 1. The monoisotopic (exact) mass is 474 g/mol. The number of pyridine rings is 1. The Kier molecular flexibility index (Phi) is 6.75. The first kappa shape index (κ1) is 24.2. The quantitative estimate of drug-likeness (QED) is 0.233. The smallest absolute Gasteiger partial charge is 0.295 e. The standard InChI is InChI=1S/C27H30N4O4/c1-6-16-35-20-11-9-19(10-12-20)23-21(25(33)27(34)31(23)15-14-29(4)5)24(32)22-18(3)30-13-7-8-17(2)26(30)28-22/h6-13,23,32H,1,14-16H2,2-5H3. The lowest BCUT2D eigenvalue weighted by Crippen LogP contribution is -2.35. The molecule has 0 saturated carbocycles. The maximum atomic E-state index is 13.3. The summed E-state index contributed by atoms with van der Waals surface area (Å²) in [5.74, 6) is -0.978. The SMILES string of the molecule is C=CCOc1ccc(C2C(=C(O)c3nc4c(C)cccn4c3C)C(=O)C(=O)N2CCN(C)C)cc1. The molecule has 182 valence electrons. The lowest BCUT2D eigenvalue weighted by atomic mass is 9.96. The highest BCUT2D eigenvalue weighted by Gasteiger charge is 2.46. The summed E-state index contributed by atoms with van der Waals surface area (Å²) in [6.07, 6.45) is 3.51. The van der Waals surface area contributed by atoms with E-state index >= 15 is 0 Å². The summed E-state index contributed by atoms with van der Waals surface area (Å²) >= 11 is 0. The summed E-state index contributed by atoms with van der Waals surface area (Å²) in [7, 11) is 3.80. The maximum Gasteiger partial charge on any atom is 0.295 e. The van der Waals surface area contributed by atoms with Crippen LogP contribution >= 0.6 is 0 Å². The Morgan fingerprint density at radius 3 is 2.54 bits per heavy atom. The van der Waals surface area contributed by atoms with Gasteiger partial charge in [-0.05, 0) is 57.3 Å². The molecule has 0 radical (unpaired) electrons. The van der Waals surface area contributed by atoms with Gasteiger partial charge in [-0.1, -0.05) is 30.9 Å². The number of likely N-dealkylation sites (N-methyl/N-ethyl adjacent to an activating group) is 1. The number of ether oxygens (including phenoxy) is 1. The molecule has 1 atom stereocenters. The van der Waals surface area contributed by atoms with Crippen LogP contribution in [0.3, 0.4) is 0 Å². The predicted molar refractivity (Wildman–Crippen MR) is 134 cm³/mol. The summed E-state index contributed by atoms with van der Waals surface area (Å²) in [6.45, 7) is 8.68. The van der Waals surface area contributed by atoms with Gasteiger partial charge in [0.05, 0.1) is 17.3 Å². The number of Topliss-reactive ketones (excluding diaryl/α,β-unsaturated/α-hetero) is 1. The van der Waals surface area contributed by atoms with E-state index in [9.17, 15) is 14.7 Å². The molecule has 1 unspecified atom stereocenters. The van der Waals surface area contributed by atoms with Crippen LogP contribution in [0.2, 0.25) is 0 Å². The summed E-state index contributed by atoms with van der Waals surface area (Å²) < 4.78 is 7.45. The molecule has 0 bridgehead atoms. The van der Waals surface area contributed by atoms with E-state index in [-0.39, 0.29) is 11.3 Å². The van der Waals surface area contributed by atoms with E-state index < -0.39 is 17.7 Å². The minimum absolute atomic E-state index is 0.0395. The van der Waals surface area contributed by atoms with Crippen LogP contribution in [0.1, 0.15) is 28.6 Å². The second-order valence-electron chi connectivity index (χ2n) is 8.90. The molecule has 1 aromatic carbocycles. The molecule has 8 heteroatoms. The van der Waals surface area contributed by atoms with Crippen LogP contribution in [0.15, 0.2) is 60.8 Å². The molecule has 4 rings (SSSR count). The zero-order valence-corrected chi connectivity index (χ0v) is 20.5. The molecule has 0 aliphatic carbocycles. The fourth-order valence-electron chi connectivity index (χ4n) is 4.34. The van der Waals surface area contributed by atoms with Crippen molar-refractivity contribution in [3.05, 3.63) is 83.3 Å². The number of aryl methyl sites for hydroxylation is 2. The van der Waals surface area contributed by atoms with Gasteiger partial charge in [0.15, 0.2) is 5.76 Å². The molecule has 35 heavy (non-hydrogen) atoms. The van der Waals surface area contributed by atoms with Crippen LogP contribution in [-0.4, -0.2) is 69.8 Å². The van der Waals surface area contributed by atoms with Gasteiger partial charge in [-0.25, -0.2) is 4.98 Å². The van der Waals surface area contributed by atoms with Crippen molar-refractivity contribution in [1.82, 2.24) is 19.2 Å². The molecule has 1 aliphatic rings. The second kappa shape index (κ2) is 9.76. The molecule has 3 heterocycles. The van der Waals surface area contributed by atoms with Crippen LogP contribution < -0.4 is 4.74 Å². The van der Waals surface area contributed by atoms with Crippen molar-refractivity contribution in [3.8, 4) is 5.75 Å². The number of carbonyl (C=O) groups excluding carboxylic acids is 2. The van der Waals surface area contributed by atoms with E-state index in [1.807, 2.05) is 67.7 Å². The van der Waals surface area contributed by atoms with Crippen molar-refractivity contribution in [2.45, 2.75) is 19.9 Å². The number of aliphatic hydroxyl groups is 1. The number of rotatable bonds is 8. The molecule has 0 spiro atoms. The number of hydrogen-bond acceptors (Lipinski definition) is 6. The largest absolute Gasteiger partial charge is 0.505 e. The topological polar surface area (TPSA) is 87.4 Å². The Labute approximate surface area is 204 Å². The van der Waals surface area contributed by atoms with Crippen LogP contribution in [0.4, 0.5) is 0 Å². The molecule has 3 aromatic rings. The average Bonchev–Trinajstić information content (AvgIpc) is 3.31. The van der Waals surface area contributed by atoms with Gasteiger partial charge < -0.3 is 24.0 Å². The Morgan fingerprint density at radius 1 is 1.20 bits per heavy atom. The molecule has 1 fully saturated rings. The predicted octanol–water partition coefficient (Wildman–Crippen LogP) is 3.50. The highest BCUT2D eigenvalue weighted by Crippen LogP contribution is 2.40. The molecule has 1 aliphatic heterocycles. The Balaban J connectivity index is 1.86. The lowest BCUT2D eigenvalue weighted by molar-refractivity contribution is -0.140. The van der Waals surface area contributed by atoms with E-state index in [4.69, 9.17) is 4.74 Å². The number of amides is 1. The third-order valence-electron chi connectivity index (χ3n) is 6.20. The Bertz CT molecular complexity index is 1320. The third-order valence-corrected chi connectivity index (χ3v) is 6.20. The number of imidazole rings is 1. The fourth-order valence-corrected chi connectivity index (χ4v) is 4.34.